The van der Waals surface area contributed by atoms with E-state index < -0.39 is 9.84 Å². The van der Waals surface area contributed by atoms with E-state index in [9.17, 15) is 8.42 Å². The van der Waals surface area contributed by atoms with Crippen molar-refractivity contribution in [3.63, 3.8) is 0 Å². The van der Waals surface area contributed by atoms with Gasteiger partial charge in [-0.3, -0.25) is 4.57 Å². The molecule has 0 atom stereocenters. The van der Waals surface area contributed by atoms with Crippen molar-refractivity contribution < 1.29 is 8.42 Å². The van der Waals surface area contributed by atoms with Crippen molar-refractivity contribution in [3.8, 4) is 0 Å². The molecule has 8 heteroatoms. The van der Waals surface area contributed by atoms with E-state index in [2.05, 4.69) is 25.9 Å². The second-order valence-electron chi connectivity index (χ2n) is 4.71. The third-order valence-electron chi connectivity index (χ3n) is 3.41. The maximum atomic E-state index is 11.5. The molecule has 0 unspecified atom stereocenters. The summed E-state index contributed by atoms with van der Waals surface area (Å²) in [6.45, 7) is 0. The van der Waals surface area contributed by atoms with Crippen molar-refractivity contribution in [2.24, 2.45) is 0 Å². The lowest BCUT2D eigenvalue weighted by atomic mass is 10.1. The molecule has 0 spiro atoms. The number of rotatable bonds is 1. The third kappa shape index (κ3) is 2.48. The van der Waals surface area contributed by atoms with Crippen LogP contribution >= 0.6 is 28.1 Å². The zero-order valence-electron chi connectivity index (χ0n) is 9.97. The Kier molecular flexibility index (Phi) is 3.26. The molecule has 0 aliphatic carbocycles. The summed E-state index contributed by atoms with van der Waals surface area (Å²) in [6.07, 6.45) is 2.92. The Morgan fingerprint density at radius 2 is 2.11 bits per heavy atom. The molecule has 3 rings (SSSR count). The number of halogens is 1. The van der Waals surface area contributed by atoms with Crippen LogP contribution in [-0.4, -0.2) is 34.5 Å². The van der Waals surface area contributed by atoms with Gasteiger partial charge < -0.3 is 4.98 Å². The van der Waals surface area contributed by atoms with Gasteiger partial charge in [-0.2, -0.15) is 0 Å². The highest BCUT2D eigenvalue weighted by atomic mass is 79.9. The molecular formula is C11H12BrN3O2S2. The van der Waals surface area contributed by atoms with Gasteiger partial charge in [0.15, 0.2) is 10.4 Å². The average Bonchev–Trinajstić information content (AvgIpc) is 2.65. The summed E-state index contributed by atoms with van der Waals surface area (Å²) in [4.78, 5) is 7.50. The molecule has 2 aromatic rings. The molecular weight excluding hydrogens is 350 g/mol. The molecule has 2 aromatic heterocycles. The Morgan fingerprint density at radius 3 is 2.79 bits per heavy atom. The topological polar surface area (TPSA) is 67.8 Å². The Bertz CT molecular complexity index is 780. The van der Waals surface area contributed by atoms with E-state index in [4.69, 9.17) is 12.2 Å². The first-order valence-electron chi connectivity index (χ1n) is 5.92. The summed E-state index contributed by atoms with van der Waals surface area (Å²) in [5.74, 6) is 0.450. The van der Waals surface area contributed by atoms with Gasteiger partial charge in [0.05, 0.1) is 17.0 Å². The Balaban J connectivity index is 2.06. The molecule has 5 nitrogen and oxygen atoms in total. The average molecular weight is 362 g/mol. The van der Waals surface area contributed by atoms with Crippen molar-refractivity contribution in [1.29, 1.82) is 0 Å². The van der Waals surface area contributed by atoms with Crippen LogP contribution in [0.4, 0.5) is 0 Å². The van der Waals surface area contributed by atoms with Gasteiger partial charge in [0.2, 0.25) is 0 Å². The van der Waals surface area contributed by atoms with Crippen molar-refractivity contribution in [1.82, 2.24) is 14.5 Å². The molecule has 1 aliphatic rings. The fourth-order valence-electron chi connectivity index (χ4n) is 2.46. The van der Waals surface area contributed by atoms with E-state index in [1.165, 1.54) is 0 Å². The van der Waals surface area contributed by atoms with Crippen molar-refractivity contribution in [3.05, 3.63) is 21.5 Å². The predicted molar refractivity (Wildman–Crippen MR) is 79.5 cm³/mol. The molecule has 0 amide bonds. The van der Waals surface area contributed by atoms with Gasteiger partial charge in [-0.1, -0.05) is 0 Å². The molecule has 3 heterocycles. The predicted octanol–water partition coefficient (Wildman–Crippen LogP) is 2.61. The molecule has 1 fully saturated rings. The van der Waals surface area contributed by atoms with Crippen LogP contribution in [0.5, 0.6) is 0 Å². The highest BCUT2D eigenvalue weighted by Crippen LogP contribution is 2.28. The Hall–Kier alpha value is -0.730. The molecule has 1 saturated heterocycles. The highest BCUT2D eigenvalue weighted by Gasteiger charge is 2.26. The standard InChI is InChI=1S/C11H12BrN3O2S2/c12-7-5-9-10(13-6-7)15(11(18)14-9)8-1-3-19(16,17)4-2-8/h5-6,8H,1-4H2,(H,14,18). The smallest absolute Gasteiger partial charge is 0.179 e. The number of nitrogens with one attached hydrogen (secondary N) is 1. The van der Waals surface area contributed by atoms with Crippen LogP contribution < -0.4 is 0 Å². The lowest BCUT2D eigenvalue weighted by molar-refractivity contribution is 0.453. The molecule has 1 N–H and O–H groups in total. The molecule has 19 heavy (non-hydrogen) atoms. The zero-order valence-corrected chi connectivity index (χ0v) is 13.2. The Morgan fingerprint density at radius 1 is 1.42 bits per heavy atom. The van der Waals surface area contributed by atoms with Crippen LogP contribution in [0.15, 0.2) is 16.7 Å². The van der Waals surface area contributed by atoms with Crippen LogP contribution in [0.2, 0.25) is 0 Å². The monoisotopic (exact) mass is 361 g/mol. The summed E-state index contributed by atoms with van der Waals surface area (Å²) >= 11 is 8.71. The number of imidazole rings is 1. The van der Waals surface area contributed by atoms with E-state index in [0.29, 0.717) is 17.6 Å². The van der Waals surface area contributed by atoms with Crippen molar-refractivity contribution >= 4 is 49.1 Å². The van der Waals surface area contributed by atoms with E-state index in [-0.39, 0.29) is 17.5 Å². The maximum Gasteiger partial charge on any atom is 0.179 e. The second-order valence-corrected chi connectivity index (χ2v) is 8.31. The largest absolute Gasteiger partial charge is 0.329 e. The van der Waals surface area contributed by atoms with Crippen LogP contribution in [0.1, 0.15) is 18.9 Å². The van der Waals surface area contributed by atoms with Gasteiger partial charge in [0, 0.05) is 16.7 Å². The minimum Gasteiger partial charge on any atom is -0.329 e. The van der Waals surface area contributed by atoms with E-state index in [1.807, 2.05) is 10.6 Å². The lowest BCUT2D eigenvalue weighted by Gasteiger charge is -2.23. The zero-order chi connectivity index (χ0) is 13.6. The van der Waals surface area contributed by atoms with Crippen LogP contribution in [-0.2, 0) is 9.84 Å². The van der Waals surface area contributed by atoms with Crippen LogP contribution in [0.25, 0.3) is 11.2 Å². The number of aromatic amines is 1. The minimum atomic E-state index is -2.87. The van der Waals surface area contributed by atoms with Gasteiger partial charge in [0.1, 0.15) is 9.84 Å². The number of H-pyrrole nitrogens is 1. The maximum absolute atomic E-state index is 11.5. The van der Waals surface area contributed by atoms with Gasteiger partial charge in [-0.15, -0.1) is 0 Å². The second kappa shape index (κ2) is 4.68. The van der Waals surface area contributed by atoms with Crippen molar-refractivity contribution in [2.75, 3.05) is 11.5 Å². The normalized spacial score (nSPS) is 19.8. The summed E-state index contributed by atoms with van der Waals surface area (Å²) in [5, 5.41) is 0. The first-order valence-corrected chi connectivity index (χ1v) is 8.95. The van der Waals surface area contributed by atoms with E-state index in [1.54, 1.807) is 6.20 Å². The van der Waals surface area contributed by atoms with E-state index in [0.717, 1.165) is 15.6 Å². The molecule has 0 saturated carbocycles. The minimum absolute atomic E-state index is 0.110. The van der Waals surface area contributed by atoms with Crippen molar-refractivity contribution in [2.45, 2.75) is 18.9 Å². The first-order chi connectivity index (χ1) is 8.96. The SMILES string of the molecule is O=S1(=O)CCC(n2c(=S)[nH]c3cc(Br)cnc32)CC1. The third-order valence-corrected chi connectivity index (χ3v) is 5.86. The summed E-state index contributed by atoms with van der Waals surface area (Å²) in [7, 11) is -2.87. The van der Waals surface area contributed by atoms with Gasteiger partial charge in [-0.25, -0.2) is 13.4 Å². The summed E-state index contributed by atoms with van der Waals surface area (Å²) in [6, 6.07) is 2.03. The number of hydrogen-bond donors (Lipinski definition) is 1. The van der Waals surface area contributed by atoms with Crippen LogP contribution in [0, 0.1) is 4.77 Å². The molecule has 0 bridgehead atoms. The fraction of sp³-hybridized carbons (Fsp3) is 0.455. The van der Waals surface area contributed by atoms with Gasteiger partial charge >= 0.3 is 0 Å². The number of nitrogens with zero attached hydrogens (tertiary/aromatic N) is 2. The number of hydrogen-bond acceptors (Lipinski definition) is 4. The number of fused-ring (bicyclic) bond motifs is 1. The van der Waals surface area contributed by atoms with Gasteiger partial charge in [-0.05, 0) is 47.1 Å². The Labute approximate surface area is 124 Å². The summed E-state index contributed by atoms with van der Waals surface area (Å²) < 4.78 is 26.4. The lowest BCUT2D eigenvalue weighted by Crippen LogP contribution is -2.25. The molecule has 0 aromatic carbocycles. The highest BCUT2D eigenvalue weighted by molar-refractivity contribution is 9.10. The summed E-state index contributed by atoms with van der Waals surface area (Å²) in [5.41, 5.74) is 1.66. The van der Waals surface area contributed by atoms with Crippen LogP contribution in [0.3, 0.4) is 0 Å². The fourth-order valence-corrected chi connectivity index (χ4v) is 4.61. The number of aromatic nitrogens is 3. The number of pyridine rings is 1. The van der Waals surface area contributed by atoms with E-state index >= 15 is 0 Å². The first kappa shape index (κ1) is 13.3. The molecule has 1 aliphatic heterocycles. The molecule has 102 valence electrons. The number of sulfone groups is 1. The quantitative estimate of drug-likeness (QED) is 0.792. The molecule has 0 radical (unpaired) electrons. The van der Waals surface area contributed by atoms with Gasteiger partial charge in [0.25, 0.3) is 0 Å².